The molecule has 0 aliphatic carbocycles. The second-order valence-corrected chi connectivity index (χ2v) is 8.79. The number of fused-ring (bicyclic) bond motifs is 1. The van der Waals surface area contributed by atoms with Crippen molar-refractivity contribution in [3.8, 4) is 5.69 Å². The fourth-order valence-corrected chi connectivity index (χ4v) is 4.55. The van der Waals surface area contributed by atoms with Gasteiger partial charge in [0.2, 0.25) is 0 Å². The van der Waals surface area contributed by atoms with Crippen LogP contribution in [0.3, 0.4) is 0 Å². The largest absolute Gasteiger partial charge is 0.364 e. The molecule has 4 aromatic rings. The molecule has 0 bridgehead atoms. The summed E-state index contributed by atoms with van der Waals surface area (Å²) in [7, 11) is 0. The van der Waals surface area contributed by atoms with Gasteiger partial charge in [-0.05, 0) is 47.4 Å². The Morgan fingerprint density at radius 3 is 2.44 bits per heavy atom. The van der Waals surface area contributed by atoms with E-state index in [-0.39, 0.29) is 11.6 Å². The van der Waals surface area contributed by atoms with E-state index in [1.165, 1.54) is 20.9 Å². The average Bonchev–Trinajstić information content (AvgIpc) is 2.86. The normalized spacial score (nSPS) is 15.1. The third-order valence-corrected chi connectivity index (χ3v) is 6.46. The van der Waals surface area contributed by atoms with E-state index in [4.69, 9.17) is 0 Å². The Kier molecular flexibility index (Phi) is 6.40. The lowest BCUT2D eigenvalue weighted by Gasteiger charge is -2.32. The molecule has 1 aromatic heterocycles. The van der Waals surface area contributed by atoms with Crippen molar-refractivity contribution in [1.82, 2.24) is 14.5 Å². The van der Waals surface area contributed by atoms with Crippen molar-refractivity contribution < 1.29 is 10.2 Å². The number of likely N-dealkylation sites (tertiary alicyclic amines) is 1. The van der Waals surface area contributed by atoms with Crippen LogP contribution in [0.2, 0.25) is 0 Å². The van der Waals surface area contributed by atoms with Crippen LogP contribution in [0, 0.1) is 0 Å². The zero-order valence-corrected chi connectivity index (χ0v) is 18.8. The van der Waals surface area contributed by atoms with Crippen LogP contribution in [0.15, 0.2) is 83.9 Å². The summed E-state index contributed by atoms with van der Waals surface area (Å²) >= 11 is 0. The molecule has 0 atom stereocenters. The molecule has 7 heteroatoms. The third kappa shape index (κ3) is 4.87. The minimum atomic E-state index is -1.53. The number of aliphatic hydroxyl groups excluding tert-OH is 1. The topological polar surface area (TPSA) is 90.6 Å². The number of aromatic nitrogens is 2. The van der Waals surface area contributed by atoms with Crippen LogP contribution in [-0.2, 0) is 6.54 Å². The molecule has 1 aliphatic rings. The minimum Gasteiger partial charge on any atom is -0.364 e. The van der Waals surface area contributed by atoms with E-state index in [0.717, 1.165) is 32.5 Å². The third-order valence-electron chi connectivity index (χ3n) is 6.46. The van der Waals surface area contributed by atoms with Crippen molar-refractivity contribution in [2.24, 2.45) is 0 Å². The molecular formula is C27H28N4O3. The highest BCUT2D eigenvalue weighted by Crippen LogP contribution is 2.20. The minimum absolute atomic E-state index is 0.191. The van der Waals surface area contributed by atoms with E-state index in [9.17, 15) is 15.0 Å². The van der Waals surface area contributed by atoms with Gasteiger partial charge in [0.1, 0.15) is 0 Å². The van der Waals surface area contributed by atoms with Gasteiger partial charge in [0.25, 0.3) is 5.56 Å². The lowest BCUT2D eigenvalue weighted by molar-refractivity contribution is -0.0424. The average molecular weight is 457 g/mol. The van der Waals surface area contributed by atoms with Gasteiger partial charge >= 0.3 is 0 Å². The highest BCUT2D eigenvalue weighted by atomic mass is 16.5. The van der Waals surface area contributed by atoms with Gasteiger partial charge in [0, 0.05) is 49.3 Å². The molecule has 1 fully saturated rings. The van der Waals surface area contributed by atoms with Gasteiger partial charge in [-0.2, -0.15) is 0 Å². The summed E-state index contributed by atoms with van der Waals surface area (Å²) in [5, 5.41) is 24.4. The van der Waals surface area contributed by atoms with Crippen molar-refractivity contribution in [2.75, 3.05) is 18.4 Å². The maximum atomic E-state index is 13.0. The Morgan fingerprint density at radius 1 is 0.971 bits per heavy atom. The summed E-state index contributed by atoms with van der Waals surface area (Å²) < 4.78 is 1.51. The quantitative estimate of drug-likeness (QED) is 0.385. The first kappa shape index (κ1) is 22.3. The van der Waals surface area contributed by atoms with Crippen molar-refractivity contribution in [2.45, 2.75) is 31.7 Å². The SMILES string of the molecule is O=c1c(NC2CCN(Cc3ccc4ccccc4c3)CC2)nccn1-c1ccc(C(O)O)cc1. The van der Waals surface area contributed by atoms with Crippen molar-refractivity contribution in [1.29, 1.82) is 0 Å². The van der Waals surface area contributed by atoms with E-state index in [1.54, 1.807) is 36.7 Å². The van der Waals surface area contributed by atoms with E-state index >= 15 is 0 Å². The molecule has 0 amide bonds. The molecule has 7 nitrogen and oxygen atoms in total. The first-order valence-electron chi connectivity index (χ1n) is 11.6. The maximum absolute atomic E-state index is 13.0. The van der Waals surface area contributed by atoms with Gasteiger partial charge in [-0.15, -0.1) is 0 Å². The second-order valence-electron chi connectivity index (χ2n) is 8.79. The van der Waals surface area contributed by atoms with Crippen LogP contribution >= 0.6 is 0 Å². The van der Waals surface area contributed by atoms with Gasteiger partial charge < -0.3 is 15.5 Å². The van der Waals surface area contributed by atoms with Crippen molar-refractivity contribution in [3.63, 3.8) is 0 Å². The van der Waals surface area contributed by atoms with Crippen LogP contribution in [0.5, 0.6) is 0 Å². The molecule has 5 rings (SSSR count). The van der Waals surface area contributed by atoms with Crippen LogP contribution in [-0.4, -0.2) is 43.8 Å². The molecule has 3 aromatic carbocycles. The van der Waals surface area contributed by atoms with Gasteiger partial charge in [0.05, 0.1) is 0 Å². The predicted octanol–water partition coefficient (Wildman–Crippen LogP) is 3.45. The number of anilines is 1. The highest BCUT2D eigenvalue weighted by Gasteiger charge is 2.21. The molecule has 34 heavy (non-hydrogen) atoms. The fraction of sp³-hybridized carbons (Fsp3) is 0.259. The molecule has 0 spiro atoms. The van der Waals surface area contributed by atoms with Crippen molar-refractivity contribution >= 4 is 16.6 Å². The molecule has 174 valence electrons. The van der Waals surface area contributed by atoms with Gasteiger partial charge in [-0.1, -0.05) is 48.5 Å². The monoisotopic (exact) mass is 456 g/mol. The molecule has 0 unspecified atom stereocenters. The molecule has 1 saturated heterocycles. The number of nitrogens with zero attached hydrogens (tertiary/aromatic N) is 3. The molecule has 0 saturated carbocycles. The van der Waals surface area contributed by atoms with E-state index < -0.39 is 6.29 Å². The summed E-state index contributed by atoms with van der Waals surface area (Å²) in [5.74, 6) is 0.335. The zero-order chi connectivity index (χ0) is 23.5. The highest BCUT2D eigenvalue weighted by molar-refractivity contribution is 5.82. The smallest absolute Gasteiger partial charge is 0.297 e. The van der Waals surface area contributed by atoms with Gasteiger partial charge in [0.15, 0.2) is 12.1 Å². The Labute approximate surface area is 197 Å². The van der Waals surface area contributed by atoms with E-state index in [0.29, 0.717) is 17.1 Å². The van der Waals surface area contributed by atoms with Crippen LogP contribution in [0.25, 0.3) is 16.5 Å². The molecular weight excluding hydrogens is 428 g/mol. The molecule has 3 N–H and O–H groups in total. The first-order chi connectivity index (χ1) is 16.6. The van der Waals surface area contributed by atoms with Crippen LogP contribution in [0.1, 0.15) is 30.3 Å². The van der Waals surface area contributed by atoms with Crippen molar-refractivity contribution in [3.05, 3.63) is 101 Å². The van der Waals surface area contributed by atoms with E-state index in [2.05, 4.69) is 57.7 Å². The Hall–Kier alpha value is -3.52. The number of hydrogen-bond donors (Lipinski definition) is 3. The van der Waals surface area contributed by atoms with Gasteiger partial charge in [-0.25, -0.2) is 4.98 Å². The van der Waals surface area contributed by atoms with E-state index in [1.807, 2.05) is 0 Å². The summed E-state index contributed by atoms with van der Waals surface area (Å²) in [6.45, 7) is 2.83. The molecule has 2 heterocycles. The predicted molar refractivity (Wildman–Crippen MR) is 133 cm³/mol. The maximum Gasteiger partial charge on any atom is 0.297 e. The Morgan fingerprint density at radius 2 is 1.71 bits per heavy atom. The number of rotatable bonds is 6. The number of nitrogens with one attached hydrogen (secondary N) is 1. The number of aliphatic hydroxyl groups is 2. The fourth-order valence-electron chi connectivity index (χ4n) is 4.55. The standard InChI is InChI=1S/C27H28N4O3/c32-26-25(28-13-16-31(26)24-9-7-21(8-10-24)27(33)34)29-23-11-14-30(15-12-23)18-19-5-6-20-3-1-2-4-22(20)17-19/h1-10,13,16-17,23,27,33-34H,11-12,14-15,18H2,(H,28,29). The summed E-state index contributed by atoms with van der Waals surface area (Å²) in [4.78, 5) is 19.7. The number of hydrogen-bond acceptors (Lipinski definition) is 6. The second kappa shape index (κ2) is 9.77. The molecule has 0 radical (unpaired) electrons. The summed E-state index contributed by atoms with van der Waals surface area (Å²) in [5.41, 5.74) is 2.11. The Bertz CT molecular complexity index is 1330. The summed E-state index contributed by atoms with van der Waals surface area (Å²) in [6, 6.07) is 21.8. The first-order valence-corrected chi connectivity index (χ1v) is 11.6. The number of benzene rings is 3. The number of piperidine rings is 1. The molecule has 1 aliphatic heterocycles. The summed E-state index contributed by atoms with van der Waals surface area (Å²) in [6.07, 6.45) is 3.56. The van der Waals surface area contributed by atoms with Gasteiger partial charge in [-0.3, -0.25) is 14.3 Å². The Balaban J connectivity index is 1.21. The van der Waals surface area contributed by atoms with Crippen LogP contribution in [0.4, 0.5) is 5.82 Å². The lowest BCUT2D eigenvalue weighted by Crippen LogP contribution is -2.40. The zero-order valence-electron chi connectivity index (χ0n) is 18.8. The van der Waals surface area contributed by atoms with Crippen LogP contribution < -0.4 is 10.9 Å². The lowest BCUT2D eigenvalue weighted by atomic mass is 10.0.